The molecule has 1 heterocycles. The molecule has 1 atom stereocenters. The van der Waals surface area contributed by atoms with Gasteiger partial charge in [0.25, 0.3) is 0 Å². The van der Waals surface area contributed by atoms with Crippen LogP contribution in [0.2, 0.25) is 0 Å². The smallest absolute Gasteiger partial charge is 0.232 e. The molecule has 130 valence electrons. The summed E-state index contributed by atoms with van der Waals surface area (Å²) in [5, 5.41) is 3.05. The van der Waals surface area contributed by atoms with Crippen LogP contribution in [-0.4, -0.2) is 5.91 Å². The highest BCUT2D eigenvalue weighted by molar-refractivity contribution is 5.89. The SMILES string of the molecule is CC(NC(=O)C1c2ccccc2Oc2ccccc21)c1ccc(F)cc1. The van der Waals surface area contributed by atoms with Gasteiger partial charge in [0, 0.05) is 11.1 Å². The number of amides is 1. The van der Waals surface area contributed by atoms with Gasteiger partial charge >= 0.3 is 0 Å². The molecule has 0 radical (unpaired) electrons. The molecule has 4 heteroatoms. The van der Waals surface area contributed by atoms with E-state index in [1.165, 1.54) is 12.1 Å². The van der Waals surface area contributed by atoms with Crippen LogP contribution in [0.5, 0.6) is 11.5 Å². The zero-order chi connectivity index (χ0) is 18.1. The summed E-state index contributed by atoms with van der Waals surface area (Å²) in [6.07, 6.45) is 0. The first-order valence-electron chi connectivity index (χ1n) is 8.55. The average Bonchev–Trinajstić information content (AvgIpc) is 2.66. The van der Waals surface area contributed by atoms with Crippen LogP contribution >= 0.6 is 0 Å². The molecule has 0 saturated heterocycles. The number of carbonyl (C=O) groups is 1. The van der Waals surface area contributed by atoms with Crippen LogP contribution in [0.4, 0.5) is 4.39 Å². The third-order valence-corrected chi connectivity index (χ3v) is 4.67. The molecule has 1 amide bonds. The van der Waals surface area contributed by atoms with Crippen molar-refractivity contribution in [1.82, 2.24) is 5.32 Å². The number of rotatable bonds is 3. The fraction of sp³-hybridized carbons (Fsp3) is 0.136. The average molecular weight is 347 g/mol. The first-order chi connectivity index (χ1) is 12.6. The minimum Gasteiger partial charge on any atom is -0.457 e. The molecule has 1 unspecified atom stereocenters. The molecule has 4 rings (SSSR count). The molecule has 0 aliphatic carbocycles. The quantitative estimate of drug-likeness (QED) is 0.729. The largest absolute Gasteiger partial charge is 0.457 e. The van der Waals surface area contributed by atoms with Crippen LogP contribution in [0, 0.1) is 5.82 Å². The van der Waals surface area contributed by atoms with Crippen LogP contribution < -0.4 is 10.1 Å². The zero-order valence-electron chi connectivity index (χ0n) is 14.3. The van der Waals surface area contributed by atoms with Gasteiger partial charge in [0.05, 0.1) is 12.0 Å². The molecule has 0 saturated carbocycles. The molecular formula is C22H18FNO2. The van der Waals surface area contributed by atoms with E-state index in [2.05, 4.69) is 5.32 Å². The van der Waals surface area contributed by atoms with E-state index in [4.69, 9.17) is 4.74 Å². The predicted molar refractivity (Wildman–Crippen MR) is 97.8 cm³/mol. The predicted octanol–water partition coefficient (Wildman–Crippen LogP) is 4.94. The highest BCUT2D eigenvalue weighted by Gasteiger charge is 2.32. The van der Waals surface area contributed by atoms with Gasteiger partial charge in [-0.25, -0.2) is 4.39 Å². The monoisotopic (exact) mass is 347 g/mol. The van der Waals surface area contributed by atoms with Crippen molar-refractivity contribution in [3.05, 3.63) is 95.3 Å². The summed E-state index contributed by atoms with van der Waals surface area (Å²) in [4.78, 5) is 13.1. The lowest BCUT2D eigenvalue weighted by molar-refractivity contribution is -0.122. The Balaban J connectivity index is 1.66. The Morgan fingerprint density at radius 2 is 1.46 bits per heavy atom. The second kappa shape index (κ2) is 6.64. The third kappa shape index (κ3) is 2.94. The molecule has 26 heavy (non-hydrogen) atoms. The fourth-order valence-corrected chi connectivity index (χ4v) is 3.32. The summed E-state index contributed by atoms with van der Waals surface area (Å²) in [6, 6.07) is 21.1. The van der Waals surface area contributed by atoms with E-state index in [0.717, 1.165) is 16.7 Å². The van der Waals surface area contributed by atoms with Crippen molar-refractivity contribution in [1.29, 1.82) is 0 Å². The lowest BCUT2D eigenvalue weighted by Gasteiger charge is -2.28. The van der Waals surface area contributed by atoms with Crippen molar-refractivity contribution in [2.75, 3.05) is 0 Å². The molecule has 1 aliphatic heterocycles. The molecule has 1 aliphatic rings. The van der Waals surface area contributed by atoms with Gasteiger partial charge in [-0.15, -0.1) is 0 Å². The van der Waals surface area contributed by atoms with Crippen molar-refractivity contribution >= 4 is 5.91 Å². The Morgan fingerprint density at radius 1 is 0.923 bits per heavy atom. The van der Waals surface area contributed by atoms with E-state index in [1.54, 1.807) is 12.1 Å². The maximum Gasteiger partial charge on any atom is 0.232 e. The summed E-state index contributed by atoms with van der Waals surface area (Å²) in [6.45, 7) is 1.89. The number of para-hydroxylation sites is 2. The second-order valence-electron chi connectivity index (χ2n) is 6.39. The zero-order valence-corrected chi connectivity index (χ0v) is 14.3. The Labute approximate surface area is 151 Å². The van der Waals surface area contributed by atoms with Crippen LogP contribution in [0.25, 0.3) is 0 Å². The number of carbonyl (C=O) groups excluding carboxylic acids is 1. The highest BCUT2D eigenvalue weighted by atomic mass is 19.1. The summed E-state index contributed by atoms with van der Waals surface area (Å²) in [5.41, 5.74) is 2.54. The number of nitrogens with one attached hydrogen (secondary N) is 1. The maximum absolute atomic E-state index is 13.1. The van der Waals surface area contributed by atoms with Crippen molar-refractivity contribution in [3.8, 4) is 11.5 Å². The highest BCUT2D eigenvalue weighted by Crippen LogP contribution is 2.44. The van der Waals surface area contributed by atoms with Gasteiger partial charge in [0.2, 0.25) is 5.91 Å². The summed E-state index contributed by atoms with van der Waals surface area (Å²) in [5.74, 6) is 0.546. The lowest BCUT2D eigenvalue weighted by Crippen LogP contribution is -2.33. The van der Waals surface area contributed by atoms with Crippen molar-refractivity contribution in [2.24, 2.45) is 0 Å². The Kier molecular flexibility index (Phi) is 4.17. The van der Waals surface area contributed by atoms with E-state index < -0.39 is 5.92 Å². The number of fused-ring (bicyclic) bond motifs is 2. The van der Waals surface area contributed by atoms with Gasteiger partial charge in [0.15, 0.2) is 0 Å². The number of hydrogen-bond donors (Lipinski definition) is 1. The first kappa shape index (κ1) is 16.3. The summed E-state index contributed by atoms with van der Waals surface area (Å²) >= 11 is 0. The Morgan fingerprint density at radius 3 is 2.04 bits per heavy atom. The van der Waals surface area contributed by atoms with E-state index in [0.29, 0.717) is 11.5 Å². The van der Waals surface area contributed by atoms with E-state index in [1.807, 2.05) is 55.5 Å². The van der Waals surface area contributed by atoms with Gasteiger partial charge in [0.1, 0.15) is 17.3 Å². The number of benzene rings is 3. The van der Waals surface area contributed by atoms with Crippen LogP contribution in [0.1, 0.15) is 35.6 Å². The van der Waals surface area contributed by atoms with E-state index >= 15 is 0 Å². The van der Waals surface area contributed by atoms with Crippen molar-refractivity contribution in [2.45, 2.75) is 18.9 Å². The summed E-state index contributed by atoms with van der Waals surface area (Å²) < 4.78 is 19.1. The molecule has 3 nitrogen and oxygen atoms in total. The Hall–Kier alpha value is -3.14. The molecule has 3 aromatic rings. The van der Waals surface area contributed by atoms with Crippen LogP contribution in [0.15, 0.2) is 72.8 Å². The molecule has 3 aromatic carbocycles. The van der Waals surface area contributed by atoms with E-state index in [9.17, 15) is 9.18 Å². The third-order valence-electron chi connectivity index (χ3n) is 4.67. The van der Waals surface area contributed by atoms with Gasteiger partial charge in [-0.2, -0.15) is 0 Å². The lowest BCUT2D eigenvalue weighted by atomic mass is 9.87. The number of halogens is 1. The second-order valence-corrected chi connectivity index (χ2v) is 6.39. The normalized spacial score (nSPS) is 13.9. The minimum atomic E-state index is -0.445. The molecule has 0 fully saturated rings. The Bertz CT molecular complexity index is 907. The number of hydrogen-bond acceptors (Lipinski definition) is 2. The molecule has 0 aromatic heterocycles. The molecule has 0 spiro atoms. The van der Waals surface area contributed by atoms with E-state index in [-0.39, 0.29) is 17.8 Å². The van der Waals surface area contributed by atoms with Crippen LogP contribution in [-0.2, 0) is 4.79 Å². The first-order valence-corrected chi connectivity index (χ1v) is 8.55. The molecular weight excluding hydrogens is 329 g/mol. The van der Waals surface area contributed by atoms with Gasteiger partial charge in [-0.05, 0) is 36.8 Å². The van der Waals surface area contributed by atoms with Crippen LogP contribution in [0.3, 0.4) is 0 Å². The summed E-state index contributed by atoms with van der Waals surface area (Å²) in [7, 11) is 0. The molecule has 1 N–H and O–H groups in total. The maximum atomic E-state index is 13.1. The minimum absolute atomic E-state index is 0.106. The van der Waals surface area contributed by atoms with Gasteiger partial charge < -0.3 is 10.1 Å². The molecule has 0 bridgehead atoms. The fourth-order valence-electron chi connectivity index (χ4n) is 3.32. The van der Waals surface area contributed by atoms with Crippen molar-refractivity contribution < 1.29 is 13.9 Å². The van der Waals surface area contributed by atoms with Gasteiger partial charge in [-0.3, -0.25) is 4.79 Å². The standard InChI is InChI=1S/C22H18FNO2/c1-14(15-10-12-16(23)13-11-15)24-22(25)21-17-6-2-4-8-19(17)26-20-9-5-3-7-18(20)21/h2-14,21H,1H3,(H,24,25). The topological polar surface area (TPSA) is 38.3 Å². The van der Waals surface area contributed by atoms with Gasteiger partial charge in [-0.1, -0.05) is 48.5 Å². The number of ether oxygens (including phenoxy) is 1. The van der Waals surface area contributed by atoms with Crippen molar-refractivity contribution in [3.63, 3.8) is 0 Å².